The SMILES string of the molecule is CC(=O)NC[C@H]1CN(c2ccc(N3CC/C(=C/C#N)C(F)C3)cc2)C(=O)O1. The number of nitriles is 1. The van der Waals surface area contributed by atoms with Gasteiger partial charge in [0.25, 0.3) is 0 Å². The number of carbonyl (C=O) groups is 2. The molecule has 8 heteroatoms. The Morgan fingerprint density at radius 2 is 2.07 bits per heavy atom. The molecule has 142 valence electrons. The molecule has 0 saturated carbocycles. The molecule has 0 aromatic heterocycles. The number of alkyl halides is 1. The molecule has 7 nitrogen and oxygen atoms in total. The van der Waals surface area contributed by atoms with E-state index in [-0.39, 0.29) is 25.1 Å². The number of hydrogen-bond donors (Lipinski definition) is 1. The standard InChI is InChI=1S/C19H21FN4O3/c1-13(25)22-10-17-11-24(19(26)27-17)16-4-2-15(3-5-16)23-9-7-14(6-8-21)18(20)12-23/h2-6,17-18H,7,9-12H2,1H3,(H,22,25)/b14-6-/t17-,18?/m0/s1. The number of nitrogens with one attached hydrogen (secondary N) is 1. The molecule has 1 aromatic rings. The first-order chi connectivity index (χ1) is 13.0. The van der Waals surface area contributed by atoms with Crippen molar-refractivity contribution in [2.75, 3.05) is 36.0 Å². The number of amides is 2. The molecule has 1 aromatic carbocycles. The van der Waals surface area contributed by atoms with Gasteiger partial charge in [-0.3, -0.25) is 9.69 Å². The molecule has 1 N–H and O–H groups in total. The number of cyclic esters (lactones) is 1. The van der Waals surface area contributed by atoms with Gasteiger partial charge >= 0.3 is 6.09 Å². The summed E-state index contributed by atoms with van der Waals surface area (Å²) < 4.78 is 19.4. The van der Waals surface area contributed by atoms with Crippen LogP contribution in [0.4, 0.5) is 20.6 Å². The number of piperidine rings is 1. The van der Waals surface area contributed by atoms with Crippen LogP contribution in [-0.2, 0) is 9.53 Å². The van der Waals surface area contributed by atoms with Crippen LogP contribution in [0.2, 0.25) is 0 Å². The number of halogens is 1. The lowest BCUT2D eigenvalue weighted by Crippen LogP contribution is -2.37. The summed E-state index contributed by atoms with van der Waals surface area (Å²) in [5, 5.41) is 11.3. The largest absolute Gasteiger partial charge is 0.442 e. The van der Waals surface area contributed by atoms with Gasteiger partial charge in [-0.2, -0.15) is 5.26 Å². The van der Waals surface area contributed by atoms with E-state index in [1.165, 1.54) is 17.9 Å². The molecule has 0 spiro atoms. The Balaban J connectivity index is 1.62. The van der Waals surface area contributed by atoms with Gasteiger partial charge in [0.2, 0.25) is 5.91 Å². The molecular weight excluding hydrogens is 351 g/mol. The number of rotatable bonds is 4. The fraction of sp³-hybridized carbons (Fsp3) is 0.421. The molecule has 1 unspecified atom stereocenters. The minimum Gasteiger partial charge on any atom is -0.442 e. The summed E-state index contributed by atoms with van der Waals surface area (Å²) in [5.74, 6) is -0.172. The van der Waals surface area contributed by atoms with Crippen molar-refractivity contribution in [3.63, 3.8) is 0 Å². The quantitative estimate of drug-likeness (QED) is 0.819. The second-order valence-electron chi connectivity index (χ2n) is 6.58. The van der Waals surface area contributed by atoms with Gasteiger partial charge < -0.3 is 15.0 Å². The van der Waals surface area contributed by atoms with Crippen LogP contribution >= 0.6 is 0 Å². The van der Waals surface area contributed by atoms with Gasteiger partial charge in [-0.25, -0.2) is 9.18 Å². The van der Waals surface area contributed by atoms with E-state index in [2.05, 4.69) is 5.32 Å². The van der Waals surface area contributed by atoms with E-state index in [0.29, 0.717) is 30.8 Å². The van der Waals surface area contributed by atoms with Crippen LogP contribution in [0, 0.1) is 11.3 Å². The summed E-state index contributed by atoms with van der Waals surface area (Å²) in [5.41, 5.74) is 2.09. The molecule has 0 radical (unpaired) electrons. The Hall–Kier alpha value is -3.08. The van der Waals surface area contributed by atoms with Gasteiger partial charge in [0.1, 0.15) is 12.3 Å². The lowest BCUT2D eigenvalue weighted by molar-refractivity contribution is -0.119. The number of carbonyl (C=O) groups excluding carboxylic acids is 2. The van der Waals surface area contributed by atoms with Crippen LogP contribution in [0.3, 0.4) is 0 Å². The monoisotopic (exact) mass is 372 g/mol. The number of anilines is 2. The third kappa shape index (κ3) is 4.37. The number of allylic oxidation sites excluding steroid dienone is 1. The van der Waals surface area contributed by atoms with Crippen LogP contribution in [0.25, 0.3) is 0 Å². The Morgan fingerprint density at radius 3 is 2.70 bits per heavy atom. The van der Waals surface area contributed by atoms with E-state index >= 15 is 0 Å². The van der Waals surface area contributed by atoms with Crippen molar-refractivity contribution in [2.24, 2.45) is 0 Å². The summed E-state index contributed by atoms with van der Waals surface area (Å²) in [4.78, 5) is 26.5. The fourth-order valence-electron chi connectivity index (χ4n) is 3.24. The first kappa shape index (κ1) is 18.7. The summed E-state index contributed by atoms with van der Waals surface area (Å²) in [7, 11) is 0. The van der Waals surface area contributed by atoms with E-state index in [9.17, 15) is 14.0 Å². The maximum absolute atomic E-state index is 14.2. The first-order valence-corrected chi connectivity index (χ1v) is 8.78. The Morgan fingerprint density at radius 1 is 1.37 bits per heavy atom. The van der Waals surface area contributed by atoms with Crippen LogP contribution < -0.4 is 15.1 Å². The van der Waals surface area contributed by atoms with E-state index in [4.69, 9.17) is 10.00 Å². The third-order valence-corrected chi connectivity index (χ3v) is 4.68. The van der Waals surface area contributed by atoms with Crippen molar-refractivity contribution in [1.29, 1.82) is 5.26 Å². The Bertz CT molecular complexity index is 787. The molecule has 2 aliphatic heterocycles. The Labute approximate surface area is 157 Å². The van der Waals surface area contributed by atoms with Crippen LogP contribution in [0.5, 0.6) is 0 Å². The topological polar surface area (TPSA) is 85.7 Å². The highest BCUT2D eigenvalue weighted by Crippen LogP contribution is 2.28. The number of benzene rings is 1. The number of nitrogens with zero attached hydrogens (tertiary/aromatic N) is 3. The fourth-order valence-corrected chi connectivity index (χ4v) is 3.24. The van der Waals surface area contributed by atoms with Gasteiger partial charge in [0.15, 0.2) is 0 Å². The molecule has 2 saturated heterocycles. The van der Waals surface area contributed by atoms with Crippen molar-refractivity contribution in [3.05, 3.63) is 35.9 Å². The van der Waals surface area contributed by atoms with Crippen LogP contribution in [-0.4, -0.2) is 50.5 Å². The van der Waals surface area contributed by atoms with Gasteiger partial charge in [-0.15, -0.1) is 0 Å². The van der Waals surface area contributed by atoms with Gasteiger partial charge in [0, 0.05) is 30.9 Å². The highest BCUT2D eigenvalue weighted by Gasteiger charge is 2.32. The first-order valence-electron chi connectivity index (χ1n) is 8.78. The second kappa shape index (κ2) is 8.08. The van der Waals surface area contributed by atoms with Crippen molar-refractivity contribution in [2.45, 2.75) is 25.6 Å². The molecule has 2 heterocycles. The molecule has 3 rings (SSSR count). The molecule has 2 fully saturated rings. The van der Waals surface area contributed by atoms with Gasteiger partial charge in [-0.1, -0.05) is 0 Å². The lowest BCUT2D eigenvalue weighted by Gasteiger charge is -2.32. The predicted molar refractivity (Wildman–Crippen MR) is 98.2 cm³/mol. The van der Waals surface area contributed by atoms with E-state index in [1.54, 1.807) is 12.1 Å². The zero-order valence-electron chi connectivity index (χ0n) is 15.0. The predicted octanol–water partition coefficient (Wildman–Crippen LogP) is 2.15. The molecule has 2 atom stereocenters. The lowest BCUT2D eigenvalue weighted by atomic mass is 10.0. The molecule has 0 bridgehead atoms. The van der Waals surface area contributed by atoms with E-state index < -0.39 is 12.3 Å². The summed E-state index contributed by atoms with van der Waals surface area (Å²) in [6, 6.07) is 9.17. The van der Waals surface area contributed by atoms with Gasteiger partial charge in [-0.05, 0) is 36.3 Å². The average molecular weight is 372 g/mol. The molecule has 0 aliphatic carbocycles. The van der Waals surface area contributed by atoms with E-state index in [0.717, 1.165) is 5.69 Å². The summed E-state index contributed by atoms with van der Waals surface area (Å²) >= 11 is 0. The van der Waals surface area contributed by atoms with Crippen molar-refractivity contribution >= 4 is 23.4 Å². The van der Waals surface area contributed by atoms with Crippen molar-refractivity contribution < 1.29 is 18.7 Å². The normalized spacial score (nSPS) is 23.9. The molecule has 27 heavy (non-hydrogen) atoms. The highest BCUT2D eigenvalue weighted by molar-refractivity contribution is 5.90. The molecular formula is C19H21FN4O3. The number of ether oxygens (including phenoxy) is 1. The maximum Gasteiger partial charge on any atom is 0.414 e. The Kier molecular flexibility index (Phi) is 5.60. The minimum atomic E-state index is -1.15. The summed E-state index contributed by atoms with van der Waals surface area (Å²) in [6.45, 7) is 2.89. The average Bonchev–Trinajstić information content (AvgIpc) is 3.03. The van der Waals surface area contributed by atoms with Crippen LogP contribution in [0.1, 0.15) is 13.3 Å². The summed E-state index contributed by atoms with van der Waals surface area (Å²) in [6.07, 6.45) is -0.186. The molecule has 2 aliphatic rings. The second-order valence-corrected chi connectivity index (χ2v) is 6.58. The zero-order valence-corrected chi connectivity index (χ0v) is 15.0. The molecule has 2 amide bonds. The van der Waals surface area contributed by atoms with Crippen molar-refractivity contribution in [3.8, 4) is 6.07 Å². The van der Waals surface area contributed by atoms with E-state index in [1.807, 2.05) is 23.1 Å². The highest BCUT2D eigenvalue weighted by atomic mass is 19.1. The third-order valence-electron chi connectivity index (χ3n) is 4.68. The van der Waals surface area contributed by atoms with Crippen molar-refractivity contribution in [1.82, 2.24) is 5.32 Å². The number of hydrogen-bond acceptors (Lipinski definition) is 5. The maximum atomic E-state index is 14.2. The van der Waals surface area contributed by atoms with Crippen LogP contribution in [0.15, 0.2) is 35.9 Å². The minimum absolute atomic E-state index is 0.172. The zero-order chi connectivity index (χ0) is 19.4. The smallest absolute Gasteiger partial charge is 0.414 e. The van der Waals surface area contributed by atoms with Gasteiger partial charge in [0.05, 0.1) is 25.7 Å².